The summed E-state index contributed by atoms with van der Waals surface area (Å²) >= 11 is 0. The summed E-state index contributed by atoms with van der Waals surface area (Å²) in [6.07, 6.45) is 1.47. The summed E-state index contributed by atoms with van der Waals surface area (Å²) in [4.78, 5) is 24.1. The number of nitrogens with zero attached hydrogens (tertiary/aromatic N) is 1. The molecule has 0 aliphatic heterocycles. The van der Waals surface area contributed by atoms with Crippen LogP contribution >= 0.6 is 0 Å². The van der Waals surface area contributed by atoms with E-state index in [0.29, 0.717) is 34.1 Å². The molecular weight excluding hydrogens is 412 g/mol. The van der Waals surface area contributed by atoms with Crippen molar-refractivity contribution in [3.8, 4) is 23.0 Å². The molecule has 0 radical (unpaired) electrons. The van der Waals surface area contributed by atoms with Crippen molar-refractivity contribution in [2.24, 2.45) is 5.10 Å². The van der Waals surface area contributed by atoms with Gasteiger partial charge < -0.3 is 18.9 Å². The SMILES string of the molecule is COc1ccc(C(=O)Oc2ccc(/C=N\NC(=O)COc3ccccc3OC)cc2)cc1. The number of ether oxygens (including phenoxy) is 4. The molecule has 1 amide bonds. The van der Waals surface area contributed by atoms with Crippen molar-refractivity contribution in [1.29, 1.82) is 0 Å². The Bertz CT molecular complexity index is 1080. The van der Waals surface area contributed by atoms with E-state index in [2.05, 4.69) is 10.5 Å². The van der Waals surface area contributed by atoms with Crippen LogP contribution in [0.1, 0.15) is 15.9 Å². The third kappa shape index (κ3) is 6.33. The highest BCUT2D eigenvalue weighted by atomic mass is 16.5. The average molecular weight is 434 g/mol. The number of hydrogen-bond donors (Lipinski definition) is 1. The molecule has 0 bridgehead atoms. The van der Waals surface area contributed by atoms with Gasteiger partial charge in [0, 0.05) is 0 Å². The van der Waals surface area contributed by atoms with Crippen molar-refractivity contribution in [2.75, 3.05) is 20.8 Å². The molecule has 3 rings (SSSR count). The smallest absolute Gasteiger partial charge is 0.343 e. The highest BCUT2D eigenvalue weighted by Crippen LogP contribution is 2.25. The molecule has 0 aromatic heterocycles. The molecule has 3 aromatic rings. The summed E-state index contributed by atoms with van der Waals surface area (Å²) in [5, 5.41) is 3.90. The summed E-state index contributed by atoms with van der Waals surface area (Å²) in [5.41, 5.74) is 3.51. The molecule has 0 spiro atoms. The lowest BCUT2D eigenvalue weighted by atomic mass is 10.2. The molecule has 0 saturated heterocycles. The fraction of sp³-hybridized carbons (Fsp3) is 0.125. The lowest BCUT2D eigenvalue weighted by Gasteiger charge is -2.09. The third-order valence-corrected chi connectivity index (χ3v) is 4.25. The molecule has 0 unspecified atom stereocenters. The van der Waals surface area contributed by atoms with E-state index in [4.69, 9.17) is 18.9 Å². The molecule has 32 heavy (non-hydrogen) atoms. The van der Waals surface area contributed by atoms with Crippen LogP contribution in [0.25, 0.3) is 0 Å². The van der Waals surface area contributed by atoms with E-state index < -0.39 is 11.9 Å². The first-order chi connectivity index (χ1) is 15.6. The van der Waals surface area contributed by atoms with Crippen molar-refractivity contribution in [2.45, 2.75) is 0 Å². The highest BCUT2D eigenvalue weighted by Gasteiger charge is 2.09. The van der Waals surface area contributed by atoms with Crippen LogP contribution in [0.5, 0.6) is 23.0 Å². The fourth-order valence-corrected chi connectivity index (χ4v) is 2.61. The van der Waals surface area contributed by atoms with E-state index in [1.165, 1.54) is 13.3 Å². The second-order valence-corrected chi connectivity index (χ2v) is 6.42. The molecule has 0 saturated carbocycles. The summed E-state index contributed by atoms with van der Waals surface area (Å²) in [6, 6.07) is 20.3. The zero-order valence-corrected chi connectivity index (χ0v) is 17.6. The lowest BCUT2D eigenvalue weighted by Crippen LogP contribution is -2.24. The first kappa shape index (κ1) is 22.4. The molecule has 0 heterocycles. The summed E-state index contributed by atoms with van der Waals surface area (Å²) in [7, 11) is 3.08. The second kappa shape index (κ2) is 11.2. The fourth-order valence-electron chi connectivity index (χ4n) is 2.61. The van der Waals surface area contributed by atoms with Gasteiger partial charge in [0.05, 0.1) is 26.0 Å². The standard InChI is InChI=1S/C24H22N2O6/c1-29-19-13-9-18(10-14-19)24(28)32-20-11-7-17(8-12-20)15-25-26-23(27)16-31-22-6-4-3-5-21(22)30-2/h3-15H,16H2,1-2H3,(H,26,27)/b25-15-. The Balaban J connectivity index is 1.47. The predicted octanol–water partition coefficient (Wildman–Crippen LogP) is 3.45. The topological polar surface area (TPSA) is 95.5 Å². The molecule has 8 nitrogen and oxygen atoms in total. The monoisotopic (exact) mass is 434 g/mol. The Kier molecular flexibility index (Phi) is 7.80. The van der Waals surface area contributed by atoms with Crippen LogP contribution in [-0.2, 0) is 4.79 Å². The van der Waals surface area contributed by atoms with Crippen LogP contribution in [0.4, 0.5) is 0 Å². The van der Waals surface area contributed by atoms with Crippen molar-refractivity contribution < 1.29 is 28.5 Å². The zero-order chi connectivity index (χ0) is 22.8. The minimum atomic E-state index is -0.476. The zero-order valence-electron chi connectivity index (χ0n) is 17.6. The maximum Gasteiger partial charge on any atom is 0.343 e. The Morgan fingerprint density at radius 2 is 1.50 bits per heavy atom. The Morgan fingerprint density at radius 3 is 2.16 bits per heavy atom. The van der Waals surface area contributed by atoms with E-state index in [1.807, 2.05) is 0 Å². The highest BCUT2D eigenvalue weighted by molar-refractivity contribution is 5.91. The molecule has 0 atom stereocenters. The minimum Gasteiger partial charge on any atom is -0.497 e. The number of hydrazone groups is 1. The van der Waals surface area contributed by atoms with Crippen LogP contribution in [0, 0.1) is 0 Å². The molecule has 1 N–H and O–H groups in total. The minimum absolute atomic E-state index is 0.210. The molecule has 0 aliphatic carbocycles. The van der Waals surface area contributed by atoms with E-state index in [9.17, 15) is 9.59 Å². The Morgan fingerprint density at radius 1 is 0.844 bits per heavy atom. The van der Waals surface area contributed by atoms with Gasteiger partial charge in [0.2, 0.25) is 0 Å². The van der Waals surface area contributed by atoms with Crippen LogP contribution in [0.2, 0.25) is 0 Å². The number of hydrogen-bond acceptors (Lipinski definition) is 7. The first-order valence-electron chi connectivity index (χ1n) is 9.63. The molecule has 164 valence electrons. The maximum absolute atomic E-state index is 12.2. The number of rotatable bonds is 9. The van der Waals surface area contributed by atoms with Crippen molar-refractivity contribution in [3.63, 3.8) is 0 Å². The molecule has 0 aliphatic rings. The Hall–Kier alpha value is -4.33. The van der Waals surface area contributed by atoms with Crippen LogP contribution in [0.3, 0.4) is 0 Å². The number of para-hydroxylation sites is 2. The summed E-state index contributed by atoms with van der Waals surface area (Å²) in [5.74, 6) is 1.15. The number of methoxy groups -OCH3 is 2. The van der Waals surface area contributed by atoms with Gasteiger partial charge in [-0.05, 0) is 66.2 Å². The van der Waals surface area contributed by atoms with Crippen LogP contribution in [-0.4, -0.2) is 38.9 Å². The van der Waals surface area contributed by atoms with E-state index in [1.54, 1.807) is 79.9 Å². The summed E-state index contributed by atoms with van der Waals surface area (Å²) < 4.78 is 21.0. The largest absolute Gasteiger partial charge is 0.497 e. The Labute approximate surface area is 185 Å². The average Bonchev–Trinajstić information content (AvgIpc) is 2.84. The van der Waals surface area contributed by atoms with Gasteiger partial charge >= 0.3 is 5.97 Å². The quantitative estimate of drug-likeness (QED) is 0.240. The van der Waals surface area contributed by atoms with Gasteiger partial charge in [0.25, 0.3) is 5.91 Å². The van der Waals surface area contributed by atoms with Gasteiger partial charge in [-0.15, -0.1) is 0 Å². The third-order valence-electron chi connectivity index (χ3n) is 4.25. The number of carbonyl (C=O) groups is 2. The van der Waals surface area contributed by atoms with Gasteiger partial charge in [0.15, 0.2) is 18.1 Å². The predicted molar refractivity (Wildman–Crippen MR) is 119 cm³/mol. The number of amides is 1. The second-order valence-electron chi connectivity index (χ2n) is 6.42. The first-order valence-corrected chi connectivity index (χ1v) is 9.63. The van der Waals surface area contributed by atoms with Gasteiger partial charge in [-0.3, -0.25) is 4.79 Å². The maximum atomic E-state index is 12.2. The number of esters is 1. The van der Waals surface area contributed by atoms with Crippen molar-refractivity contribution in [3.05, 3.63) is 83.9 Å². The lowest BCUT2D eigenvalue weighted by molar-refractivity contribution is -0.123. The molecular formula is C24H22N2O6. The van der Waals surface area contributed by atoms with Gasteiger partial charge in [0.1, 0.15) is 11.5 Å². The number of benzene rings is 3. The van der Waals surface area contributed by atoms with Crippen LogP contribution < -0.4 is 24.4 Å². The van der Waals surface area contributed by atoms with Crippen molar-refractivity contribution >= 4 is 18.1 Å². The molecule has 0 fully saturated rings. The number of nitrogens with one attached hydrogen (secondary N) is 1. The normalized spacial score (nSPS) is 10.4. The molecule has 8 heteroatoms. The van der Waals surface area contributed by atoms with Crippen molar-refractivity contribution in [1.82, 2.24) is 5.43 Å². The van der Waals surface area contributed by atoms with E-state index in [-0.39, 0.29) is 6.61 Å². The van der Waals surface area contributed by atoms with Gasteiger partial charge in [-0.25, -0.2) is 10.2 Å². The van der Waals surface area contributed by atoms with Gasteiger partial charge in [-0.2, -0.15) is 5.10 Å². The molecule has 3 aromatic carbocycles. The van der Waals surface area contributed by atoms with Crippen LogP contribution in [0.15, 0.2) is 77.9 Å². The number of carbonyl (C=O) groups excluding carboxylic acids is 2. The van der Waals surface area contributed by atoms with E-state index >= 15 is 0 Å². The van der Waals surface area contributed by atoms with Gasteiger partial charge in [-0.1, -0.05) is 12.1 Å². The summed E-state index contributed by atoms with van der Waals surface area (Å²) in [6.45, 7) is -0.210. The van der Waals surface area contributed by atoms with E-state index in [0.717, 1.165) is 0 Å².